The largest absolute Gasteiger partial charge is 0.762 e. The maximum Gasteiger partial charge on any atom is 0.227 e. The molecule has 0 unspecified atom stereocenters. The fraction of sp³-hybridized carbons (Fsp3) is 0.115. The van der Waals surface area contributed by atoms with Crippen LogP contribution in [0.2, 0.25) is 0 Å². The molecule has 0 saturated carbocycles. The highest BCUT2D eigenvalue weighted by molar-refractivity contribution is 5.74. The number of pyridine rings is 1. The summed E-state index contributed by atoms with van der Waals surface area (Å²) in [4.78, 5) is 0. The van der Waals surface area contributed by atoms with Gasteiger partial charge in [0.05, 0.1) is 28.8 Å². The van der Waals surface area contributed by atoms with Gasteiger partial charge < -0.3 is 15.8 Å². The first kappa shape index (κ1) is 20.8. The molecule has 4 rings (SSSR count). The Labute approximate surface area is 186 Å². The number of aliphatic hydroxyl groups is 1. The van der Waals surface area contributed by atoms with Crippen LogP contribution in [-0.4, -0.2) is 11.0 Å². The summed E-state index contributed by atoms with van der Waals surface area (Å²) < 4.78 is 1.85. The van der Waals surface area contributed by atoms with Gasteiger partial charge in [0, 0.05) is 17.7 Å². The molecule has 6 heteroatoms. The highest BCUT2D eigenvalue weighted by atomic mass is 16.3. The molecule has 2 N–H and O–H groups in total. The third kappa shape index (κ3) is 3.47. The fourth-order valence-electron chi connectivity index (χ4n) is 4.28. The van der Waals surface area contributed by atoms with E-state index in [9.17, 15) is 21.0 Å². The van der Waals surface area contributed by atoms with Crippen LogP contribution in [0.4, 0.5) is 0 Å². The molecule has 0 radical (unpaired) electrons. The average Bonchev–Trinajstić information content (AvgIpc) is 2.86. The molecule has 2 aromatic carbocycles. The van der Waals surface area contributed by atoms with Crippen molar-refractivity contribution in [1.82, 2.24) is 5.32 Å². The molecule has 6 nitrogen and oxygen atoms in total. The van der Waals surface area contributed by atoms with E-state index in [1.165, 1.54) is 0 Å². The van der Waals surface area contributed by atoms with Gasteiger partial charge in [-0.05, 0) is 5.56 Å². The van der Waals surface area contributed by atoms with Gasteiger partial charge in [0.15, 0.2) is 12.4 Å². The summed E-state index contributed by atoms with van der Waals surface area (Å²) in [6.45, 7) is 0. The number of nitrogens with one attached hydrogen (secondary N) is 1. The van der Waals surface area contributed by atoms with Crippen LogP contribution < -0.4 is 9.88 Å². The Bertz CT molecular complexity index is 1280. The molecule has 1 aliphatic rings. The second-order valence-electron chi connectivity index (χ2n) is 7.41. The average molecular weight is 417 g/mol. The van der Waals surface area contributed by atoms with Crippen LogP contribution in [0.5, 0.6) is 0 Å². The highest BCUT2D eigenvalue weighted by Gasteiger charge is 2.56. The molecule has 0 bridgehead atoms. The lowest BCUT2D eigenvalue weighted by Gasteiger charge is -2.43. The van der Waals surface area contributed by atoms with Gasteiger partial charge in [-0.15, -0.1) is 0 Å². The summed E-state index contributed by atoms with van der Waals surface area (Å²) in [5.74, 6) is 1.24. The highest BCUT2D eigenvalue weighted by Crippen LogP contribution is 2.47. The number of nitrogens with zero attached hydrogens (tertiary/aromatic N) is 4. The number of hydrogen-bond donors (Lipinski definition) is 2. The summed E-state index contributed by atoms with van der Waals surface area (Å²) in [7, 11) is 0. The lowest BCUT2D eigenvalue weighted by molar-refractivity contribution is -0.743. The molecule has 1 aromatic heterocycles. The molecule has 3 atom stereocenters. The standard InChI is InChI=1S/C26H19N5O/c27-16-20(17-28)24-22(18-29)23(19-10-4-1-5-11-19)25(31-14-8-3-9-15-31)26(32,30-24)21-12-6-2-7-13-21/h1-15,23,25,30,32H/t23-,25-,26+/m0/s1. The van der Waals surface area contributed by atoms with Crippen LogP contribution in [0.25, 0.3) is 5.41 Å². The zero-order valence-electron chi connectivity index (χ0n) is 17.1. The van der Waals surface area contributed by atoms with E-state index in [0.29, 0.717) is 5.56 Å². The molecule has 1 aliphatic heterocycles. The van der Waals surface area contributed by atoms with Gasteiger partial charge in [-0.1, -0.05) is 66.7 Å². The second kappa shape index (κ2) is 8.71. The molecular weight excluding hydrogens is 398 g/mol. The second-order valence-corrected chi connectivity index (χ2v) is 7.41. The number of benzene rings is 2. The molecule has 3 aromatic rings. The molecule has 0 aliphatic carbocycles. The molecule has 0 amide bonds. The van der Waals surface area contributed by atoms with Gasteiger partial charge in [0.1, 0.15) is 6.07 Å². The normalized spacial score (nSPS) is 22.1. The summed E-state index contributed by atoms with van der Waals surface area (Å²) in [6.07, 6.45) is 3.66. The number of nitriles is 2. The van der Waals surface area contributed by atoms with Crippen molar-refractivity contribution in [3.05, 3.63) is 125 Å². The SMILES string of the molecule is N#CC(=C=[N-])C1=C(C#N)[C@H](c2ccccc2)[C@H]([n+]2ccccc2)[C@](O)(c2ccccc2)N1. The van der Waals surface area contributed by atoms with E-state index < -0.39 is 17.7 Å². The first-order chi connectivity index (χ1) is 15.6. The maximum absolute atomic E-state index is 12.2. The Morgan fingerprint density at radius 3 is 2.09 bits per heavy atom. The van der Waals surface area contributed by atoms with E-state index in [4.69, 9.17) is 0 Å². The molecule has 0 saturated heterocycles. The van der Waals surface area contributed by atoms with E-state index in [-0.39, 0.29) is 16.8 Å². The Kier molecular flexibility index (Phi) is 5.66. The van der Waals surface area contributed by atoms with Crippen LogP contribution in [0, 0.1) is 22.7 Å². The van der Waals surface area contributed by atoms with E-state index >= 15 is 0 Å². The summed E-state index contributed by atoms with van der Waals surface area (Å²) >= 11 is 0. The quantitative estimate of drug-likeness (QED) is 0.386. The summed E-state index contributed by atoms with van der Waals surface area (Å²) in [5, 5.41) is 44.6. The molecule has 0 spiro atoms. The number of allylic oxidation sites excluding steroid dienone is 2. The zero-order valence-corrected chi connectivity index (χ0v) is 17.1. The van der Waals surface area contributed by atoms with Crippen molar-refractivity contribution in [2.24, 2.45) is 0 Å². The zero-order chi connectivity index (χ0) is 22.6. The number of rotatable bonds is 4. The Morgan fingerprint density at radius 1 is 0.938 bits per heavy atom. The number of hydrogen-bond acceptors (Lipinski definition) is 4. The Morgan fingerprint density at radius 2 is 1.53 bits per heavy atom. The van der Waals surface area contributed by atoms with Gasteiger partial charge in [-0.2, -0.15) is 15.1 Å². The molecular formula is C26H19N5O. The number of aromatic nitrogens is 1. The van der Waals surface area contributed by atoms with Gasteiger partial charge in [-0.25, -0.2) is 5.87 Å². The lowest BCUT2D eigenvalue weighted by Crippen LogP contribution is -2.62. The first-order valence-electron chi connectivity index (χ1n) is 10.0. The van der Waals surface area contributed by atoms with E-state index in [0.717, 1.165) is 5.56 Å². The fourth-order valence-corrected chi connectivity index (χ4v) is 4.28. The van der Waals surface area contributed by atoms with Crippen molar-refractivity contribution in [2.45, 2.75) is 17.7 Å². The van der Waals surface area contributed by atoms with Crippen molar-refractivity contribution < 1.29 is 9.67 Å². The predicted molar refractivity (Wildman–Crippen MR) is 118 cm³/mol. The minimum Gasteiger partial charge on any atom is -0.762 e. The van der Waals surface area contributed by atoms with Crippen molar-refractivity contribution in [3.63, 3.8) is 0 Å². The Balaban J connectivity index is 2.10. The molecule has 2 heterocycles. The molecule has 154 valence electrons. The van der Waals surface area contributed by atoms with Crippen molar-refractivity contribution >= 4 is 5.87 Å². The maximum atomic E-state index is 12.2. The lowest BCUT2D eigenvalue weighted by atomic mass is 9.73. The Hall–Kier alpha value is -4.48. The van der Waals surface area contributed by atoms with E-state index in [1.807, 2.05) is 95.6 Å². The van der Waals surface area contributed by atoms with Crippen LogP contribution in [0.3, 0.4) is 0 Å². The van der Waals surface area contributed by atoms with Crippen LogP contribution in [0.1, 0.15) is 23.1 Å². The topological polar surface area (TPSA) is 106 Å². The van der Waals surface area contributed by atoms with Crippen LogP contribution in [0.15, 0.2) is 108 Å². The van der Waals surface area contributed by atoms with Crippen molar-refractivity contribution in [1.29, 1.82) is 10.5 Å². The minimum absolute atomic E-state index is 0.0467. The van der Waals surface area contributed by atoms with Gasteiger partial charge in [-0.3, -0.25) is 0 Å². The van der Waals surface area contributed by atoms with E-state index in [2.05, 4.69) is 11.4 Å². The summed E-state index contributed by atoms with van der Waals surface area (Å²) in [5.41, 5.74) is -0.376. The van der Waals surface area contributed by atoms with Gasteiger partial charge in [0.25, 0.3) is 0 Å². The third-order valence-electron chi connectivity index (χ3n) is 5.67. The van der Waals surface area contributed by atoms with Gasteiger partial charge in [0.2, 0.25) is 11.8 Å². The molecule has 32 heavy (non-hydrogen) atoms. The van der Waals surface area contributed by atoms with E-state index in [1.54, 1.807) is 12.1 Å². The van der Waals surface area contributed by atoms with Crippen LogP contribution >= 0.6 is 0 Å². The van der Waals surface area contributed by atoms with Crippen molar-refractivity contribution in [2.75, 3.05) is 0 Å². The minimum atomic E-state index is -1.72. The third-order valence-corrected chi connectivity index (χ3v) is 5.67. The van der Waals surface area contributed by atoms with Crippen LogP contribution in [-0.2, 0) is 5.72 Å². The smallest absolute Gasteiger partial charge is 0.227 e. The van der Waals surface area contributed by atoms with Gasteiger partial charge >= 0.3 is 0 Å². The molecule has 0 fully saturated rings. The van der Waals surface area contributed by atoms with Crippen molar-refractivity contribution in [3.8, 4) is 12.1 Å². The predicted octanol–water partition coefficient (Wildman–Crippen LogP) is 3.21. The monoisotopic (exact) mass is 417 g/mol. The first-order valence-corrected chi connectivity index (χ1v) is 10.0. The summed E-state index contributed by atoms with van der Waals surface area (Å²) in [6, 6.07) is 27.3.